The molecule has 2 aliphatic heterocycles. The van der Waals surface area contributed by atoms with E-state index in [4.69, 9.17) is 4.74 Å². The van der Waals surface area contributed by atoms with Crippen LogP contribution in [0, 0.1) is 5.92 Å². The second kappa shape index (κ2) is 9.03. The Kier molecular flexibility index (Phi) is 5.81. The molecule has 2 bridgehead atoms. The molecule has 1 aromatic heterocycles. The van der Waals surface area contributed by atoms with Crippen molar-refractivity contribution in [3.63, 3.8) is 0 Å². The molecule has 2 unspecified atom stereocenters. The van der Waals surface area contributed by atoms with E-state index in [-0.39, 0.29) is 11.7 Å². The van der Waals surface area contributed by atoms with Crippen molar-refractivity contribution in [2.45, 2.75) is 50.9 Å². The molecule has 2 aliphatic rings. The molecule has 31 heavy (non-hydrogen) atoms. The number of hydrogen-bond acceptors (Lipinski definition) is 4. The van der Waals surface area contributed by atoms with Crippen LogP contribution in [-0.4, -0.2) is 27.8 Å². The van der Waals surface area contributed by atoms with E-state index in [0.717, 1.165) is 24.9 Å². The highest BCUT2D eigenvalue weighted by Gasteiger charge is 2.42. The van der Waals surface area contributed by atoms with Crippen molar-refractivity contribution in [2.75, 3.05) is 0 Å². The maximum Gasteiger partial charge on any atom is 0.167 e. The Morgan fingerprint density at radius 2 is 1.55 bits per heavy atom. The van der Waals surface area contributed by atoms with Crippen LogP contribution in [0.25, 0.3) is 0 Å². The second-order valence-electron chi connectivity index (χ2n) is 8.76. The first-order chi connectivity index (χ1) is 15.3. The molecular formula is C27H28N2O2. The van der Waals surface area contributed by atoms with Gasteiger partial charge in [0.1, 0.15) is 12.4 Å². The molecule has 0 saturated carbocycles. The molecule has 0 amide bonds. The Labute approximate surface area is 183 Å². The van der Waals surface area contributed by atoms with Gasteiger partial charge in [-0.2, -0.15) is 0 Å². The van der Waals surface area contributed by atoms with Crippen molar-refractivity contribution in [1.29, 1.82) is 0 Å². The first-order valence-corrected chi connectivity index (χ1v) is 11.2. The zero-order valence-electron chi connectivity index (χ0n) is 17.7. The van der Waals surface area contributed by atoms with E-state index in [1.165, 1.54) is 18.4 Å². The van der Waals surface area contributed by atoms with Crippen molar-refractivity contribution < 1.29 is 9.53 Å². The molecule has 4 heteroatoms. The van der Waals surface area contributed by atoms with E-state index < -0.39 is 0 Å². The molecule has 2 atom stereocenters. The van der Waals surface area contributed by atoms with E-state index >= 15 is 0 Å². The monoisotopic (exact) mass is 412 g/mol. The molecule has 4 nitrogen and oxygen atoms in total. The molecular weight excluding hydrogens is 384 g/mol. The number of aromatic nitrogens is 1. The lowest BCUT2D eigenvalue weighted by molar-refractivity contribution is 0.0677. The van der Waals surface area contributed by atoms with Crippen molar-refractivity contribution in [3.8, 4) is 5.75 Å². The number of pyridine rings is 1. The Morgan fingerprint density at radius 1 is 0.903 bits per heavy atom. The number of fused-ring (bicyclic) bond motifs is 2. The Balaban J connectivity index is 1.23. The van der Waals surface area contributed by atoms with Crippen LogP contribution in [-0.2, 0) is 13.2 Å². The predicted molar refractivity (Wildman–Crippen MR) is 121 cm³/mol. The maximum atomic E-state index is 13.3. The summed E-state index contributed by atoms with van der Waals surface area (Å²) >= 11 is 0. The SMILES string of the molecule is O=C(c1cncc(OCc2ccccc2)c1)C1CC2CCC(C1)N2Cc1ccccc1. The van der Waals surface area contributed by atoms with Crippen LogP contribution >= 0.6 is 0 Å². The predicted octanol–water partition coefficient (Wildman–Crippen LogP) is 5.29. The van der Waals surface area contributed by atoms with Gasteiger partial charge in [0.25, 0.3) is 0 Å². The van der Waals surface area contributed by atoms with Crippen LogP contribution in [0.1, 0.15) is 47.2 Å². The minimum Gasteiger partial charge on any atom is -0.487 e. The largest absolute Gasteiger partial charge is 0.487 e. The number of ketones is 1. The Hall–Kier alpha value is -2.98. The summed E-state index contributed by atoms with van der Waals surface area (Å²) in [4.78, 5) is 20.2. The van der Waals surface area contributed by atoms with Gasteiger partial charge in [0, 0.05) is 36.3 Å². The fourth-order valence-electron chi connectivity index (χ4n) is 5.15. The van der Waals surface area contributed by atoms with Crippen LogP contribution in [0.15, 0.2) is 79.1 Å². The van der Waals surface area contributed by atoms with Gasteiger partial charge >= 0.3 is 0 Å². The van der Waals surface area contributed by atoms with Gasteiger partial charge in [0.15, 0.2) is 5.78 Å². The van der Waals surface area contributed by atoms with Gasteiger partial charge in [0.05, 0.1) is 6.20 Å². The Morgan fingerprint density at radius 3 is 2.23 bits per heavy atom. The van der Waals surface area contributed by atoms with Crippen LogP contribution in [0.3, 0.4) is 0 Å². The lowest BCUT2D eigenvalue weighted by Crippen LogP contribution is -2.44. The van der Waals surface area contributed by atoms with Crippen LogP contribution in [0.4, 0.5) is 0 Å². The van der Waals surface area contributed by atoms with Gasteiger partial charge in [-0.25, -0.2) is 0 Å². The zero-order valence-corrected chi connectivity index (χ0v) is 17.7. The molecule has 2 fully saturated rings. The molecule has 3 aromatic rings. The third-order valence-corrected chi connectivity index (χ3v) is 6.71. The number of benzene rings is 2. The van der Waals surface area contributed by atoms with Gasteiger partial charge in [0.2, 0.25) is 0 Å². The number of carbonyl (C=O) groups is 1. The summed E-state index contributed by atoms with van der Waals surface area (Å²) in [7, 11) is 0. The number of rotatable bonds is 7. The quantitative estimate of drug-likeness (QED) is 0.495. The summed E-state index contributed by atoms with van der Waals surface area (Å²) < 4.78 is 5.89. The third-order valence-electron chi connectivity index (χ3n) is 6.71. The molecule has 2 saturated heterocycles. The lowest BCUT2D eigenvalue weighted by Gasteiger charge is -2.38. The molecule has 0 N–H and O–H groups in total. The fourth-order valence-corrected chi connectivity index (χ4v) is 5.15. The van der Waals surface area contributed by atoms with Crippen LogP contribution in [0.5, 0.6) is 5.75 Å². The van der Waals surface area contributed by atoms with Crippen molar-refractivity contribution >= 4 is 5.78 Å². The first-order valence-electron chi connectivity index (χ1n) is 11.2. The molecule has 0 aliphatic carbocycles. The molecule has 5 rings (SSSR count). The highest BCUT2D eigenvalue weighted by molar-refractivity contribution is 5.98. The van der Waals surface area contributed by atoms with Gasteiger partial charge in [-0.15, -0.1) is 0 Å². The number of hydrogen-bond donors (Lipinski definition) is 0. The number of carbonyl (C=O) groups excluding carboxylic acids is 1. The number of Topliss-reactive ketones (excluding diaryl/α,β-unsaturated/α-hetero) is 1. The normalized spacial score (nSPS) is 22.9. The molecule has 158 valence electrons. The standard InChI is InChI=1S/C27H28N2O2/c30-27(23-15-26(17-28-16-23)31-19-21-9-5-2-6-10-21)22-13-24-11-12-25(14-22)29(24)18-20-7-3-1-4-8-20/h1-10,15-17,22,24-25H,11-14,18-19H2. The fraction of sp³-hybridized carbons (Fsp3) is 0.333. The van der Waals surface area contributed by atoms with Crippen LogP contribution < -0.4 is 4.74 Å². The van der Waals surface area contributed by atoms with Crippen molar-refractivity contribution in [3.05, 3.63) is 95.8 Å². The van der Waals surface area contributed by atoms with Gasteiger partial charge in [-0.3, -0.25) is 14.7 Å². The smallest absolute Gasteiger partial charge is 0.167 e. The second-order valence-corrected chi connectivity index (χ2v) is 8.76. The number of piperidine rings is 1. The maximum absolute atomic E-state index is 13.3. The summed E-state index contributed by atoms with van der Waals surface area (Å²) in [6.45, 7) is 1.46. The van der Waals surface area contributed by atoms with E-state index in [9.17, 15) is 4.79 Å². The average molecular weight is 413 g/mol. The van der Waals surface area contributed by atoms with Crippen molar-refractivity contribution in [1.82, 2.24) is 9.88 Å². The Bertz CT molecular complexity index is 1010. The summed E-state index contributed by atoms with van der Waals surface area (Å²) in [6.07, 6.45) is 7.65. The summed E-state index contributed by atoms with van der Waals surface area (Å²) in [6, 6.07) is 23.6. The van der Waals surface area contributed by atoms with Gasteiger partial charge < -0.3 is 4.74 Å². The lowest BCUT2D eigenvalue weighted by atomic mass is 9.85. The van der Waals surface area contributed by atoms with E-state index in [2.05, 4.69) is 40.2 Å². The molecule has 0 radical (unpaired) electrons. The first kappa shape index (κ1) is 20.0. The van der Waals surface area contributed by atoms with E-state index in [1.807, 2.05) is 36.4 Å². The van der Waals surface area contributed by atoms with E-state index in [1.54, 1.807) is 12.4 Å². The number of nitrogens with zero attached hydrogens (tertiary/aromatic N) is 2. The minimum atomic E-state index is 0.0793. The molecule has 3 heterocycles. The zero-order chi connectivity index (χ0) is 21.0. The summed E-state index contributed by atoms with van der Waals surface area (Å²) in [5.41, 5.74) is 3.13. The highest BCUT2D eigenvalue weighted by atomic mass is 16.5. The van der Waals surface area contributed by atoms with Gasteiger partial charge in [-0.05, 0) is 42.9 Å². The summed E-state index contributed by atoms with van der Waals surface area (Å²) in [5.74, 6) is 0.948. The minimum absolute atomic E-state index is 0.0793. The molecule has 2 aromatic carbocycles. The topological polar surface area (TPSA) is 42.4 Å². The van der Waals surface area contributed by atoms with Crippen LogP contribution in [0.2, 0.25) is 0 Å². The molecule has 0 spiro atoms. The average Bonchev–Trinajstić information content (AvgIpc) is 3.05. The summed E-state index contributed by atoms with van der Waals surface area (Å²) in [5, 5.41) is 0. The van der Waals surface area contributed by atoms with Crippen molar-refractivity contribution in [2.24, 2.45) is 5.92 Å². The highest BCUT2D eigenvalue weighted by Crippen LogP contribution is 2.40. The number of ether oxygens (including phenoxy) is 1. The van der Waals surface area contributed by atoms with E-state index in [0.29, 0.717) is 30.0 Å². The third kappa shape index (κ3) is 4.54. The van der Waals surface area contributed by atoms with Gasteiger partial charge in [-0.1, -0.05) is 60.7 Å².